The van der Waals surface area contributed by atoms with Crippen molar-refractivity contribution in [2.24, 2.45) is 11.3 Å². The van der Waals surface area contributed by atoms with Gasteiger partial charge in [-0.05, 0) is 20.8 Å². The quantitative estimate of drug-likeness (QED) is 0.463. The Morgan fingerprint density at radius 2 is 2.11 bits per heavy atom. The van der Waals surface area contributed by atoms with E-state index in [1.165, 1.54) is 7.11 Å². The highest BCUT2D eigenvalue weighted by Crippen LogP contribution is 2.58. The van der Waals surface area contributed by atoms with Crippen LogP contribution in [-0.2, 0) is 23.8 Å². The van der Waals surface area contributed by atoms with Crippen LogP contribution in [0.4, 0.5) is 0 Å². The molecule has 148 valence electrons. The zero-order chi connectivity index (χ0) is 20.1. The maximum Gasteiger partial charge on any atom is 0.336 e. The lowest BCUT2D eigenvalue weighted by atomic mass is 9.56. The van der Waals surface area contributed by atoms with Crippen molar-refractivity contribution in [1.29, 1.82) is 0 Å². The number of ether oxygens (including phenoxy) is 3. The molecule has 1 aliphatic heterocycles. The third-order valence-electron chi connectivity index (χ3n) is 6.78. The Hall–Kier alpha value is -1.92. The molecule has 3 rings (SSSR count). The van der Waals surface area contributed by atoms with Gasteiger partial charge in [0.15, 0.2) is 0 Å². The van der Waals surface area contributed by atoms with E-state index in [0.29, 0.717) is 29.6 Å². The third kappa shape index (κ3) is 2.69. The molecule has 0 spiro atoms. The summed E-state index contributed by atoms with van der Waals surface area (Å²) in [6.07, 6.45) is 3.30. The molecule has 0 bridgehead atoms. The average molecular weight is 376 g/mol. The van der Waals surface area contributed by atoms with Crippen LogP contribution in [0.15, 0.2) is 34.4 Å². The van der Waals surface area contributed by atoms with Crippen LogP contribution < -0.4 is 0 Å². The number of carbonyl (C=O) groups is 2. The second-order valence-electron chi connectivity index (χ2n) is 7.92. The lowest BCUT2D eigenvalue weighted by Crippen LogP contribution is -2.57. The van der Waals surface area contributed by atoms with Crippen LogP contribution in [0.2, 0.25) is 0 Å². The van der Waals surface area contributed by atoms with Crippen molar-refractivity contribution in [2.75, 3.05) is 7.11 Å². The van der Waals surface area contributed by atoms with Gasteiger partial charge in [-0.2, -0.15) is 0 Å². The van der Waals surface area contributed by atoms with Gasteiger partial charge in [0.2, 0.25) is 5.79 Å². The zero-order valence-corrected chi connectivity index (χ0v) is 16.8. The molecule has 1 saturated carbocycles. The number of carbonyl (C=O) groups excluding carboxylic acids is 2. The Balaban J connectivity index is 2.00. The summed E-state index contributed by atoms with van der Waals surface area (Å²) < 4.78 is 16.8. The monoisotopic (exact) mass is 376 g/mol. The van der Waals surface area contributed by atoms with Gasteiger partial charge in [0.25, 0.3) is 0 Å². The molecule has 2 aliphatic carbocycles. The van der Waals surface area contributed by atoms with E-state index >= 15 is 0 Å². The average Bonchev–Trinajstić information content (AvgIpc) is 2.90. The van der Waals surface area contributed by atoms with Crippen molar-refractivity contribution in [3.63, 3.8) is 0 Å². The van der Waals surface area contributed by atoms with Crippen molar-refractivity contribution in [3.05, 3.63) is 34.4 Å². The lowest BCUT2D eigenvalue weighted by molar-refractivity contribution is -0.208. The highest BCUT2D eigenvalue weighted by Gasteiger charge is 2.62. The van der Waals surface area contributed by atoms with Crippen LogP contribution in [0.1, 0.15) is 47.5 Å². The second kappa shape index (κ2) is 6.60. The number of fused-ring (bicyclic) bond motifs is 2. The van der Waals surface area contributed by atoms with Crippen LogP contribution in [0.3, 0.4) is 0 Å². The Kier molecular flexibility index (Phi) is 4.85. The van der Waals surface area contributed by atoms with Gasteiger partial charge in [0, 0.05) is 48.0 Å². The second-order valence-corrected chi connectivity index (χ2v) is 7.92. The number of methoxy groups -OCH3 is 1. The predicted molar refractivity (Wildman–Crippen MR) is 98.4 cm³/mol. The first-order chi connectivity index (χ1) is 12.6. The van der Waals surface area contributed by atoms with Crippen molar-refractivity contribution in [3.8, 4) is 0 Å². The van der Waals surface area contributed by atoms with Crippen LogP contribution in [-0.4, -0.2) is 42.1 Å². The molecule has 1 fully saturated rings. The first-order valence-corrected chi connectivity index (χ1v) is 9.33. The Morgan fingerprint density at radius 3 is 2.70 bits per heavy atom. The fraction of sp³-hybridized carbons (Fsp3) is 0.619. The molecular weight excluding hydrogens is 348 g/mol. The number of aliphatic hydroxyl groups is 1. The van der Waals surface area contributed by atoms with Crippen molar-refractivity contribution in [1.82, 2.24) is 0 Å². The minimum absolute atomic E-state index is 0.146. The lowest BCUT2D eigenvalue weighted by Gasteiger charge is -2.53. The highest BCUT2D eigenvalue weighted by atomic mass is 16.7. The summed E-state index contributed by atoms with van der Waals surface area (Å²) >= 11 is 0. The number of hydrogen-bond acceptors (Lipinski definition) is 6. The van der Waals surface area contributed by atoms with Crippen molar-refractivity contribution >= 4 is 11.9 Å². The van der Waals surface area contributed by atoms with Crippen LogP contribution in [0, 0.1) is 11.3 Å². The molecule has 0 aromatic heterocycles. The first kappa shape index (κ1) is 19.8. The number of allylic oxidation sites excluding steroid dienone is 1. The molecule has 5 atom stereocenters. The van der Waals surface area contributed by atoms with E-state index in [0.717, 1.165) is 5.57 Å². The van der Waals surface area contributed by atoms with E-state index in [9.17, 15) is 14.7 Å². The predicted octanol–water partition coefficient (Wildman–Crippen LogP) is 2.82. The topological polar surface area (TPSA) is 82.1 Å². The number of rotatable bonds is 3. The molecule has 0 aromatic rings. The van der Waals surface area contributed by atoms with E-state index in [1.807, 2.05) is 19.9 Å². The van der Waals surface area contributed by atoms with E-state index in [2.05, 4.69) is 0 Å². The molecule has 27 heavy (non-hydrogen) atoms. The largest absolute Gasteiger partial charge is 0.458 e. The number of hydrogen-bond donors (Lipinski definition) is 1. The minimum atomic E-state index is -1.24. The first-order valence-electron chi connectivity index (χ1n) is 9.33. The minimum Gasteiger partial charge on any atom is -0.458 e. The summed E-state index contributed by atoms with van der Waals surface area (Å²) in [5.41, 5.74) is 1.71. The standard InChI is InChI=1S/C21H28O6/c1-7-11(2)18(23)26-15-9-8-14-10-21(25-6)16(12(3)19(24)27-21)17(22)20(14,5)13(15)4/h7-8,13,15,17,22H,9-10H2,1-6H3/b11-7-/t13-,15-,17+,20+,21+/m0/s1. The van der Waals surface area contributed by atoms with E-state index in [4.69, 9.17) is 14.2 Å². The van der Waals surface area contributed by atoms with E-state index in [-0.39, 0.29) is 18.0 Å². The molecule has 0 radical (unpaired) electrons. The summed E-state index contributed by atoms with van der Waals surface area (Å²) in [7, 11) is 1.48. The summed E-state index contributed by atoms with van der Waals surface area (Å²) in [5, 5.41) is 11.3. The van der Waals surface area contributed by atoms with Gasteiger partial charge in [-0.25, -0.2) is 9.59 Å². The molecule has 1 heterocycles. The molecular formula is C21H28O6. The summed E-state index contributed by atoms with van der Waals surface area (Å²) in [5.74, 6) is -2.20. The molecule has 0 aromatic carbocycles. The number of esters is 2. The van der Waals surface area contributed by atoms with Gasteiger partial charge in [0.1, 0.15) is 6.10 Å². The van der Waals surface area contributed by atoms with Crippen LogP contribution in [0.5, 0.6) is 0 Å². The summed E-state index contributed by atoms with van der Waals surface area (Å²) in [4.78, 5) is 24.4. The highest BCUT2D eigenvalue weighted by molar-refractivity contribution is 5.93. The normalized spacial score (nSPS) is 38.8. The maximum atomic E-state index is 12.2. The van der Waals surface area contributed by atoms with Crippen LogP contribution in [0.25, 0.3) is 0 Å². The fourth-order valence-corrected chi connectivity index (χ4v) is 4.54. The molecule has 0 amide bonds. The Morgan fingerprint density at radius 1 is 1.44 bits per heavy atom. The van der Waals surface area contributed by atoms with Crippen LogP contribution >= 0.6 is 0 Å². The SMILES string of the molecule is C/C=C(/C)C(=O)O[C@H]1CC=C2C[C@@]3(OC)OC(=O)C(C)=C3[C@@H](O)[C@]2(C)[C@H]1C. The summed E-state index contributed by atoms with van der Waals surface area (Å²) in [6, 6.07) is 0. The molecule has 0 unspecified atom stereocenters. The number of aliphatic hydroxyl groups excluding tert-OH is 1. The van der Waals surface area contributed by atoms with E-state index in [1.54, 1.807) is 26.8 Å². The molecule has 1 N–H and O–H groups in total. The third-order valence-corrected chi connectivity index (χ3v) is 6.78. The molecule has 0 saturated heterocycles. The van der Waals surface area contributed by atoms with E-state index < -0.39 is 23.3 Å². The smallest absolute Gasteiger partial charge is 0.336 e. The van der Waals surface area contributed by atoms with Gasteiger partial charge in [0.05, 0.1) is 6.10 Å². The Labute approximate surface area is 159 Å². The van der Waals surface area contributed by atoms with Gasteiger partial charge < -0.3 is 19.3 Å². The zero-order valence-electron chi connectivity index (χ0n) is 16.8. The van der Waals surface area contributed by atoms with Gasteiger partial charge in [-0.15, -0.1) is 0 Å². The summed E-state index contributed by atoms with van der Waals surface area (Å²) in [6.45, 7) is 9.10. The van der Waals surface area contributed by atoms with Gasteiger partial charge in [-0.1, -0.05) is 31.6 Å². The molecule has 6 heteroatoms. The Bertz CT molecular complexity index is 776. The van der Waals surface area contributed by atoms with Gasteiger partial charge in [-0.3, -0.25) is 0 Å². The van der Waals surface area contributed by atoms with Gasteiger partial charge >= 0.3 is 11.9 Å². The fourth-order valence-electron chi connectivity index (χ4n) is 4.54. The molecule has 6 nitrogen and oxygen atoms in total. The molecule has 3 aliphatic rings. The van der Waals surface area contributed by atoms with Crippen molar-refractivity contribution < 1.29 is 28.9 Å². The maximum absolute atomic E-state index is 12.2. The van der Waals surface area contributed by atoms with Crippen molar-refractivity contribution in [2.45, 2.75) is 65.5 Å².